The lowest BCUT2D eigenvalue weighted by molar-refractivity contribution is -0.120. The number of amides is 2. The number of hydrogen-bond acceptors (Lipinski definition) is 5. The van der Waals surface area contributed by atoms with E-state index in [0.29, 0.717) is 33.5 Å². The average Bonchev–Trinajstić information content (AvgIpc) is 2.97. The number of ether oxygens (including phenoxy) is 2. The monoisotopic (exact) mass is 477 g/mol. The number of nitrogens with zero attached hydrogens (tertiary/aromatic N) is 2. The number of carbonyl (C=O) groups excluding carboxylic acids is 2. The first-order valence-electron chi connectivity index (χ1n) is 10.6. The van der Waals surface area contributed by atoms with E-state index in [-0.39, 0.29) is 24.8 Å². The molecule has 174 valence electrons. The van der Waals surface area contributed by atoms with E-state index in [2.05, 4.69) is 5.32 Å². The van der Waals surface area contributed by atoms with Crippen molar-refractivity contribution in [1.82, 2.24) is 0 Å². The summed E-state index contributed by atoms with van der Waals surface area (Å²) in [5.41, 5.74) is 3.92. The molecule has 0 aromatic heterocycles. The minimum atomic E-state index is -0.365. The van der Waals surface area contributed by atoms with Gasteiger partial charge < -0.3 is 19.7 Å². The zero-order chi connectivity index (χ0) is 24.2. The van der Waals surface area contributed by atoms with E-state index in [1.807, 2.05) is 49.4 Å². The molecule has 0 radical (unpaired) electrons. The van der Waals surface area contributed by atoms with Crippen molar-refractivity contribution >= 4 is 46.2 Å². The molecule has 0 saturated heterocycles. The van der Waals surface area contributed by atoms with Crippen LogP contribution in [-0.2, 0) is 9.59 Å². The van der Waals surface area contributed by atoms with E-state index >= 15 is 0 Å². The standard InChI is InChI=1S/C26H24ClN3O4/c1-16-12-22(24(34-3)13-19(16)27)29-25(31)15-30-23-7-5-4-6-20(23)28-21(14-26(30)32)17-8-10-18(33-2)11-9-17/h4-13H,14-15H2,1-3H3,(H,29,31). The first-order valence-corrected chi connectivity index (χ1v) is 11.0. The Morgan fingerprint density at radius 2 is 1.82 bits per heavy atom. The molecule has 0 fully saturated rings. The van der Waals surface area contributed by atoms with E-state index in [9.17, 15) is 9.59 Å². The van der Waals surface area contributed by atoms with Crippen LogP contribution in [0.15, 0.2) is 65.7 Å². The summed E-state index contributed by atoms with van der Waals surface area (Å²) in [4.78, 5) is 32.5. The highest BCUT2D eigenvalue weighted by Gasteiger charge is 2.27. The molecule has 0 unspecified atom stereocenters. The highest BCUT2D eigenvalue weighted by Crippen LogP contribution is 2.34. The van der Waals surface area contributed by atoms with Gasteiger partial charge in [-0.3, -0.25) is 14.6 Å². The van der Waals surface area contributed by atoms with Crippen LogP contribution in [0.25, 0.3) is 0 Å². The summed E-state index contributed by atoms with van der Waals surface area (Å²) in [6, 6.07) is 18.0. The van der Waals surface area contributed by atoms with Crippen molar-refractivity contribution in [2.45, 2.75) is 13.3 Å². The van der Waals surface area contributed by atoms with E-state index in [1.165, 1.54) is 12.0 Å². The highest BCUT2D eigenvalue weighted by molar-refractivity contribution is 6.31. The smallest absolute Gasteiger partial charge is 0.244 e. The molecule has 8 heteroatoms. The number of rotatable bonds is 6. The second kappa shape index (κ2) is 9.97. The van der Waals surface area contributed by atoms with Gasteiger partial charge in [0.1, 0.15) is 18.0 Å². The van der Waals surface area contributed by atoms with Crippen LogP contribution >= 0.6 is 11.6 Å². The second-order valence-electron chi connectivity index (χ2n) is 7.78. The van der Waals surface area contributed by atoms with Crippen molar-refractivity contribution in [2.75, 3.05) is 31.0 Å². The number of fused-ring (bicyclic) bond motifs is 1. The van der Waals surface area contributed by atoms with Crippen molar-refractivity contribution in [1.29, 1.82) is 0 Å². The molecule has 34 heavy (non-hydrogen) atoms. The lowest BCUT2D eigenvalue weighted by Gasteiger charge is -2.22. The predicted octanol–water partition coefficient (Wildman–Crippen LogP) is 5.16. The molecule has 4 rings (SSSR count). The summed E-state index contributed by atoms with van der Waals surface area (Å²) < 4.78 is 10.6. The maximum atomic E-state index is 13.3. The third-order valence-electron chi connectivity index (χ3n) is 5.53. The van der Waals surface area contributed by atoms with Crippen molar-refractivity contribution in [3.8, 4) is 11.5 Å². The van der Waals surface area contributed by atoms with Gasteiger partial charge in [0.25, 0.3) is 0 Å². The van der Waals surface area contributed by atoms with Crippen molar-refractivity contribution in [3.63, 3.8) is 0 Å². The van der Waals surface area contributed by atoms with Crippen LogP contribution in [0.1, 0.15) is 17.5 Å². The molecule has 1 N–H and O–H groups in total. The van der Waals surface area contributed by atoms with Gasteiger partial charge in [-0.25, -0.2) is 0 Å². The fraction of sp³-hybridized carbons (Fsp3) is 0.192. The summed E-state index contributed by atoms with van der Waals surface area (Å²) >= 11 is 6.17. The number of hydrogen-bond donors (Lipinski definition) is 1. The molecule has 7 nitrogen and oxygen atoms in total. The number of anilines is 2. The van der Waals surface area contributed by atoms with Gasteiger partial charge in [0.15, 0.2) is 0 Å². The van der Waals surface area contributed by atoms with Gasteiger partial charge in [-0.15, -0.1) is 0 Å². The van der Waals surface area contributed by atoms with Crippen LogP contribution in [0.2, 0.25) is 5.02 Å². The Labute approximate surface area is 203 Å². The Morgan fingerprint density at radius 3 is 2.53 bits per heavy atom. The van der Waals surface area contributed by atoms with Crippen LogP contribution < -0.4 is 19.7 Å². The molecule has 2 amide bonds. The van der Waals surface area contributed by atoms with Gasteiger partial charge in [0.05, 0.1) is 43.4 Å². The molecule has 1 aliphatic rings. The fourth-order valence-electron chi connectivity index (χ4n) is 3.73. The van der Waals surface area contributed by atoms with Gasteiger partial charge in [-0.05, 0) is 60.5 Å². The Balaban J connectivity index is 1.60. The van der Waals surface area contributed by atoms with Crippen molar-refractivity contribution in [3.05, 3.63) is 76.8 Å². The van der Waals surface area contributed by atoms with Crippen LogP contribution in [0.5, 0.6) is 11.5 Å². The zero-order valence-corrected chi connectivity index (χ0v) is 19.8. The summed E-state index contributed by atoms with van der Waals surface area (Å²) in [5, 5.41) is 3.37. The normalized spacial score (nSPS) is 13.0. The number of nitrogens with one attached hydrogen (secondary N) is 1. The molecule has 0 saturated carbocycles. The zero-order valence-electron chi connectivity index (χ0n) is 19.1. The average molecular weight is 478 g/mol. The van der Waals surface area contributed by atoms with Crippen LogP contribution in [0.3, 0.4) is 0 Å². The van der Waals surface area contributed by atoms with Crippen LogP contribution in [-0.4, -0.2) is 38.3 Å². The van der Waals surface area contributed by atoms with Crippen LogP contribution in [0.4, 0.5) is 17.1 Å². The molecular weight excluding hydrogens is 454 g/mol. The van der Waals surface area contributed by atoms with Crippen LogP contribution in [0, 0.1) is 6.92 Å². The molecule has 0 bridgehead atoms. The number of para-hydroxylation sites is 2. The number of methoxy groups -OCH3 is 2. The second-order valence-corrected chi connectivity index (χ2v) is 8.19. The predicted molar refractivity (Wildman–Crippen MR) is 134 cm³/mol. The molecule has 1 heterocycles. The maximum Gasteiger partial charge on any atom is 0.244 e. The fourth-order valence-corrected chi connectivity index (χ4v) is 3.89. The number of aliphatic imine (C=N–C) groups is 1. The number of halogens is 1. The van der Waals surface area contributed by atoms with Gasteiger partial charge in [-0.1, -0.05) is 23.7 Å². The Kier molecular flexibility index (Phi) is 6.84. The molecule has 1 aliphatic heterocycles. The van der Waals surface area contributed by atoms with E-state index < -0.39 is 0 Å². The SMILES string of the molecule is COc1ccc(C2=Nc3ccccc3N(CC(=O)Nc3cc(C)c(Cl)cc3OC)C(=O)C2)cc1. The lowest BCUT2D eigenvalue weighted by atomic mass is 10.1. The van der Waals surface area contributed by atoms with Gasteiger partial charge in [0.2, 0.25) is 11.8 Å². The molecular formula is C26H24ClN3O4. The van der Waals surface area contributed by atoms with Crippen molar-refractivity contribution in [2.24, 2.45) is 4.99 Å². The molecule has 3 aromatic rings. The third kappa shape index (κ3) is 4.89. The minimum Gasteiger partial charge on any atom is -0.497 e. The van der Waals surface area contributed by atoms with Crippen molar-refractivity contribution < 1.29 is 19.1 Å². The largest absolute Gasteiger partial charge is 0.497 e. The summed E-state index contributed by atoms with van der Waals surface area (Å²) in [7, 11) is 3.10. The number of aryl methyl sites for hydroxylation is 1. The lowest BCUT2D eigenvalue weighted by Crippen LogP contribution is -2.38. The third-order valence-corrected chi connectivity index (χ3v) is 5.93. The number of benzene rings is 3. The highest BCUT2D eigenvalue weighted by atomic mass is 35.5. The molecule has 0 atom stereocenters. The quantitative estimate of drug-likeness (QED) is 0.531. The molecule has 0 aliphatic carbocycles. The minimum absolute atomic E-state index is 0.0532. The van der Waals surface area contributed by atoms with E-state index in [4.69, 9.17) is 26.1 Å². The Bertz CT molecular complexity index is 1270. The number of carbonyl (C=O) groups is 2. The van der Waals surface area contributed by atoms with Gasteiger partial charge in [-0.2, -0.15) is 0 Å². The van der Waals surface area contributed by atoms with Gasteiger partial charge in [0, 0.05) is 11.1 Å². The topological polar surface area (TPSA) is 80.2 Å². The summed E-state index contributed by atoms with van der Waals surface area (Å²) in [6.45, 7) is 1.66. The Hall–Kier alpha value is -3.84. The molecule has 3 aromatic carbocycles. The van der Waals surface area contributed by atoms with Gasteiger partial charge >= 0.3 is 0 Å². The molecule has 0 spiro atoms. The van der Waals surface area contributed by atoms with E-state index in [0.717, 1.165) is 16.9 Å². The summed E-state index contributed by atoms with van der Waals surface area (Å²) in [5.74, 6) is 0.567. The first kappa shape index (κ1) is 23.3. The summed E-state index contributed by atoms with van der Waals surface area (Å²) in [6.07, 6.45) is 0.0532. The maximum absolute atomic E-state index is 13.3. The Morgan fingerprint density at radius 1 is 1.09 bits per heavy atom. The first-order chi connectivity index (χ1) is 16.4. The van der Waals surface area contributed by atoms with E-state index in [1.54, 1.807) is 25.3 Å².